The topological polar surface area (TPSA) is 82.2 Å². The molecule has 1 aromatic rings. The monoisotopic (exact) mass is 266 g/mol. The largest absolute Gasteiger partial charge is 0.395 e. The molecule has 6 nitrogen and oxygen atoms in total. The van der Waals surface area contributed by atoms with Crippen LogP contribution >= 0.6 is 0 Å². The van der Waals surface area contributed by atoms with Crippen LogP contribution in [-0.2, 0) is 11.8 Å². The molecule has 2 rings (SSSR count). The van der Waals surface area contributed by atoms with Crippen LogP contribution in [0.2, 0.25) is 0 Å². The van der Waals surface area contributed by atoms with E-state index in [9.17, 15) is 4.79 Å². The number of aromatic nitrogens is 2. The maximum atomic E-state index is 12.3. The summed E-state index contributed by atoms with van der Waals surface area (Å²) in [5.41, 5.74) is 7.27. The molecule has 1 aliphatic rings. The van der Waals surface area contributed by atoms with Gasteiger partial charge in [-0.2, -0.15) is 5.10 Å². The molecule has 0 radical (unpaired) electrons. The Hall–Kier alpha value is -1.56. The molecule has 1 fully saturated rings. The van der Waals surface area contributed by atoms with Crippen molar-refractivity contribution in [3.8, 4) is 0 Å². The second kappa shape index (κ2) is 4.85. The molecule has 2 heterocycles. The van der Waals surface area contributed by atoms with Crippen LogP contribution < -0.4 is 11.1 Å². The van der Waals surface area contributed by atoms with E-state index in [2.05, 4.69) is 10.4 Å². The fraction of sp³-hybridized carbons (Fsp3) is 0.692. The lowest BCUT2D eigenvalue weighted by molar-refractivity contribution is -0.0615. The minimum Gasteiger partial charge on any atom is -0.395 e. The number of carbonyl (C=O) groups excluding carboxylic acids is 1. The molecule has 1 aromatic heterocycles. The Morgan fingerprint density at radius 1 is 1.58 bits per heavy atom. The van der Waals surface area contributed by atoms with Gasteiger partial charge in [0.1, 0.15) is 5.69 Å². The smallest absolute Gasteiger partial charge is 0.271 e. The van der Waals surface area contributed by atoms with Crippen LogP contribution in [-0.4, -0.2) is 33.9 Å². The molecule has 3 N–H and O–H groups in total. The molecule has 19 heavy (non-hydrogen) atoms. The number of hydrogen-bond donors (Lipinski definition) is 2. The van der Waals surface area contributed by atoms with Gasteiger partial charge in [0.05, 0.1) is 17.0 Å². The zero-order valence-electron chi connectivity index (χ0n) is 12.0. The molecule has 106 valence electrons. The van der Waals surface area contributed by atoms with Crippen LogP contribution in [0.3, 0.4) is 0 Å². The Balaban J connectivity index is 2.09. The number of nitrogens with zero attached hydrogens (tertiary/aromatic N) is 2. The molecule has 0 spiro atoms. The molecule has 6 heteroatoms. The van der Waals surface area contributed by atoms with E-state index in [-0.39, 0.29) is 17.6 Å². The van der Waals surface area contributed by atoms with Gasteiger partial charge >= 0.3 is 0 Å². The number of amides is 1. The normalized spacial score (nSPS) is 22.2. The second-order valence-corrected chi connectivity index (χ2v) is 5.74. The quantitative estimate of drug-likeness (QED) is 0.836. The van der Waals surface area contributed by atoms with E-state index in [0.717, 1.165) is 12.8 Å². The van der Waals surface area contributed by atoms with E-state index < -0.39 is 0 Å². The highest BCUT2D eigenvalue weighted by atomic mass is 16.5. The van der Waals surface area contributed by atoms with Gasteiger partial charge in [-0.1, -0.05) is 0 Å². The number of hydrogen-bond acceptors (Lipinski definition) is 4. The molecule has 1 unspecified atom stereocenters. The number of rotatable bonds is 2. The number of ether oxygens (including phenoxy) is 1. The number of aryl methyl sites for hydroxylation is 2. The van der Waals surface area contributed by atoms with Crippen molar-refractivity contribution in [2.24, 2.45) is 7.05 Å². The van der Waals surface area contributed by atoms with Crippen LogP contribution in [0.15, 0.2) is 0 Å². The van der Waals surface area contributed by atoms with Gasteiger partial charge in [0.2, 0.25) is 0 Å². The first-order chi connectivity index (χ1) is 8.80. The summed E-state index contributed by atoms with van der Waals surface area (Å²) in [6, 6.07) is 0.117. The van der Waals surface area contributed by atoms with E-state index in [1.54, 1.807) is 14.0 Å². The predicted octanol–water partition coefficient (Wildman–Crippen LogP) is 0.998. The van der Waals surface area contributed by atoms with Crippen LogP contribution in [0.25, 0.3) is 0 Å². The highest BCUT2D eigenvalue weighted by molar-refractivity contribution is 5.98. The molecule has 0 bridgehead atoms. The molecule has 0 aromatic carbocycles. The number of anilines is 1. The van der Waals surface area contributed by atoms with Gasteiger partial charge in [-0.15, -0.1) is 0 Å². The Labute approximate surface area is 113 Å². The van der Waals surface area contributed by atoms with Crippen molar-refractivity contribution in [2.45, 2.75) is 45.3 Å². The van der Waals surface area contributed by atoms with Gasteiger partial charge in [0, 0.05) is 19.7 Å². The van der Waals surface area contributed by atoms with E-state index >= 15 is 0 Å². The van der Waals surface area contributed by atoms with Crippen molar-refractivity contribution in [2.75, 3.05) is 12.3 Å². The fourth-order valence-corrected chi connectivity index (χ4v) is 2.55. The van der Waals surface area contributed by atoms with Gasteiger partial charge in [-0.05, 0) is 33.6 Å². The van der Waals surface area contributed by atoms with Crippen molar-refractivity contribution in [3.63, 3.8) is 0 Å². The van der Waals surface area contributed by atoms with Gasteiger partial charge in [0.25, 0.3) is 5.91 Å². The highest BCUT2D eigenvalue weighted by Crippen LogP contribution is 2.24. The number of nitrogens with two attached hydrogens (primary N) is 1. The second-order valence-electron chi connectivity index (χ2n) is 5.74. The molecule has 0 aliphatic carbocycles. The summed E-state index contributed by atoms with van der Waals surface area (Å²) in [6.45, 7) is 6.53. The first-order valence-electron chi connectivity index (χ1n) is 6.54. The predicted molar refractivity (Wildman–Crippen MR) is 72.9 cm³/mol. The first-order valence-corrected chi connectivity index (χ1v) is 6.54. The summed E-state index contributed by atoms with van der Waals surface area (Å²) < 4.78 is 7.17. The number of nitrogen functional groups attached to an aromatic ring is 1. The molecule has 1 amide bonds. The molecule has 1 saturated heterocycles. The molecule has 1 aliphatic heterocycles. The summed E-state index contributed by atoms with van der Waals surface area (Å²) in [5, 5.41) is 7.19. The fourth-order valence-electron chi connectivity index (χ4n) is 2.55. The van der Waals surface area contributed by atoms with Crippen molar-refractivity contribution < 1.29 is 9.53 Å². The van der Waals surface area contributed by atoms with Crippen LogP contribution in [0.1, 0.15) is 42.9 Å². The third kappa shape index (κ3) is 2.89. The Morgan fingerprint density at radius 3 is 2.79 bits per heavy atom. The highest BCUT2D eigenvalue weighted by Gasteiger charge is 2.30. The van der Waals surface area contributed by atoms with E-state index in [1.807, 2.05) is 13.8 Å². The molecular formula is C13H22N4O2. The molecule has 1 atom stereocenters. The van der Waals surface area contributed by atoms with Crippen LogP contribution in [0, 0.1) is 6.92 Å². The van der Waals surface area contributed by atoms with E-state index in [0.29, 0.717) is 23.7 Å². The Morgan fingerprint density at radius 2 is 2.26 bits per heavy atom. The standard InChI is InChI=1S/C13H22N4O2/c1-8-10(14)11(17(4)16-8)12(18)15-9-5-6-19-13(2,3)7-9/h9H,5-7,14H2,1-4H3,(H,15,18). The third-order valence-electron chi connectivity index (χ3n) is 3.52. The molecule has 0 saturated carbocycles. The minimum atomic E-state index is -0.190. The zero-order valence-corrected chi connectivity index (χ0v) is 12.0. The summed E-state index contributed by atoms with van der Waals surface area (Å²) in [6.07, 6.45) is 1.63. The summed E-state index contributed by atoms with van der Waals surface area (Å²) >= 11 is 0. The number of nitrogens with one attached hydrogen (secondary N) is 1. The third-order valence-corrected chi connectivity index (χ3v) is 3.52. The van der Waals surface area contributed by atoms with Crippen LogP contribution in [0.4, 0.5) is 5.69 Å². The lowest BCUT2D eigenvalue weighted by Gasteiger charge is -2.35. The van der Waals surface area contributed by atoms with E-state index in [4.69, 9.17) is 10.5 Å². The Kier molecular flexibility index (Phi) is 3.54. The SMILES string of the molecule is Cc1nn(C)c(C(=O)NC2CCOC(C)(C)C2)c1N. The van der Waals surface area contributed by atoms with Crippen molar-refractivity contribution in [3.05, 3.63) is 11.4 Å². The number of carbonyl (C=O) groups is 1. The lowest BCUT2D eigenvalue weighted by Crippen LogP contribution is -2.46. The van der Waals surface area contributed by atoms with E-state index in [1.165, 1.54) is 4.68 Å². The Bertz CT molecular complexity index is 493. The maximum absolute atomic E-state index is 12.3. The van der Waals surface area contributed by atoms with Crippen molar-refractivity contribution in [1.82, 2.24) is 15.1 Å². The average Bonchev–Trinajstić information content (AvgIpc) is 2.51. The van der Waals surface area contributed by atoms with Crippen molar-refractivity contribution >= 4 is 11.6 Å². The lowest BCUT2D eigenvalue weighted by atomic mass is 9.94. The van der Waals surface area contributed by atoms with Gasteiger partial charge in [-0.3, -0.25) is 9.48 Å². The zero-order chi connectivity index (χ0) is 14.2. The minimum absolute atomic E-state index is 0.117. The maximum Gasteiger partial charge on any atom is 0.271 e. The summed E-state index contributed by atoms with van der Waals surface area (Å²) in [5.74, 6) is -0.164. The average molecular weight is 266 g/mol. The summed E-state index contributed by atoms with van der Waals surface area (Å²) in [7, 11) is 1.73. The van der Waals surface area contributed by atoms with Gasteiger partial charge in [0.15, 0.2) is 0 Å². The van der Waals surface area contributed by atoms with Gasteiger partial charge < -0.3 is 15.8 Å². The first kappa shape index (κ1) is 13.9. The van der Waals surface area contributed by atoms with Crippen molar-refractivity contribution in [1.29, 1.82) is 0 Å². The summed E-state index contributed by atoms with van der Waals surface area (Å²) in [4.78, 5) is 12.3. The molecular weight excluding hydrogens is 244 g/mol. The van der Waals surface area contributed by atoms with Crippen LogP contribution in [0.5, 0.6) is 0 Å². The van der Waals surface area contributed by atoms with Gasteiger partial charge in [-0.25, -0.2) is 0 Å².